The van der Waals surface area contributed by atoms with Crippen molar-refractivity contribution in [1.82, 2.24) is 21.3 Å². The molecule has 4 atom stereocenters. The van der Waals surface area contributed by atoms with E-state index in [1.807, 2.05) is 27.7 Å². The van der Waals surface area contributed by atoms with Gasteiger partial charge in [-0.15, -0.1) is 0 Å². The van der Waals surface area contributed by atoms with Gasteiger partial charge in [0.2, 0.25) is 11.8 Å². The van der Waals surface area contributed by atoms with E-state index >= 15 is 0 Å². The minimum atomic E-state index is -1.22. The van der Waals surface area contributed by atoms with Gasteiger partial charge in [-0.05, 0) is 66.2 Å². The molecule has 4 amide bonds. The number of carboxylic acid groups (broad SMARTS) is 2. The van der Waals surface area contributed by atoms with Gasteiger partial charge in [-0.3, -0.25) is 9.59 Å². The normalized spacial score (nSPS) is 14.5. The number of hydrogen-bond acceptors (Lipinski definition) is 10. The van der Waals surface area contributed by atoms with Crippen molar-refractivity contribution in [2.24, 2.45) is 11.8 Å². The van der Waals surface area contributed by atoms with Crippen LogP contribution in [0.5, 0.6) is 0 Å². The molecule has 0 aliphatic rings. The maximum atomic E-state index is 13.1. The van der Waals surface area contributed by atoms with Crippen molar-refractivity contribution < 1.29 is 48.5 Å². The summed E-state index contributed by atoms with van der Waals surface area (Å²) in [4.78, 5) is 74.5. The number of amides is 4. The third kappa shape index (κ3) is 19.4. The summed E-state index contributed by atoms with van der Waals surface area (Å²) >= 11 is 0. The lowest BCUT2D eigenvalue weighted by Gasteiger charge is -2.25. The average molecular weight is 667 g/mol. The highest BCUT2D eigenvalue weighted by molar-refractivity contribution is 8.76. The Morgan fingerprint density at radius 3 is 1.09 bits per heavy atom. The highest BCUT2D eigenvalue weighted by atomic mass is 33.1. The van der Waals surface area contributed by atoms with E-state index in [4.69, 9.17) is 9.47 Å². The van der Waals surface area contributed by atoms with Crippen LogP contribution in [0.4, 0.5) is 9.59 Å². The molecule has 0 radical (unpaired) electrons. The second-order valence-electron chi connectivity index (χ2n) is 13.0. The Morgan fingerprint density at radius 1 is 0.568 bits per heavy atom. The van der Waals surface area contributed by atoms with Gasteiger partial charge in [0.15, 0.2) is 0 Å². The van der Waals surface area contributed by atoms with Gasteiger partial charge in [0.05, 0.1) is 0 Å². The van der Waals surface area contributed by atoms with Gasteiger partial charge in [0.1, 0.15) is 35.4 Å². The first-order chi connectivity index (χ1) is 20.0. The third-order valence-corrected chi connectivity index (χ3v) is 7.63. The first kappa shape index (κ1) is 41.1. The maximum absolute atomic E-state index is 13.1. The van der Waals surface area contributed by atoms with Gasteiger partial charge in [0, 0.05) is 11.5 Å². The predicted octanol–water partition coefficient (Wildman–Crippen LogP) is 3.39. The van der Waals surface area contributed by atoms with Crippen LogP contribution in [-0.4, -0.2) is 93.0 Å². The fourth-order valence-corrected chi connectivity index (χ4v) is 5.76. The fraction of sp³-hybridized carbons (Fsp3) is 0.786. The molecular formula is C28H50N4O10S2. The second kappa shape index (κ2) is 18.8. The van der Waals surface area contributed by atoms with Crippen LogP contribution in [0.25, 0.3) is 0 Å². The van der Waals surface area contributed by atoms with E-state index in [0.29, 0.717) is 0 Å². The molecule has 0 heterocycles. The number of nitrogens with one attached hydrogen (secondary N) is 4. The minimum absolute atomic E-state index is 0.0274. The molecule has 44 heavy (non-hydrogen) atoms. The van der Waals surface area contributed by atoms with E-state index < -0.39 is 71.3 Å². The fourth-order valence-electron chi connectivity index (χ4n) is 3.43. The molecule has 0 spiro atoms. The van der Waals surface area contributed by atoms with Crippen LogP contribution in [-0.2, 0) is 28.7 Å². The molecule has 0 unspecified atom stereocenters. The van der Waals surface area contributed by atoms with E-state index in [-0.39, 0.29) is 36.2 Å². The monoisotopic (exact) mass is 666 g/mol. The van der Waals surface area contributed by atoms with Crippen molar-refractivity contribution in [1.29, 1.82) is 0 Å². The Hall–Kier alpha value is -2.88. The van der Waals surface area contributed by atoms with E-state index in [0.717, 1.165) is 21.6 Å². The van der Waals surface area contributed by atoms with E-state index in [2.05, 4.69) is 21.3 Å². The van der Waals surface area contributed by atoms with Crippen molar-refractivity contribution in [3.8, 4) is 0 Å². The van der Waals surface area contributed by atoms with Crippen molar-refractivity contribution in [3.63, 3.8) is 0 Å². The number of carboxylic acids is 2. The zero-order valence-electron chi connectivity index (χ0n) is 27.3. The summed E-state index contributed by atoms with van der Waals surface area (Å²) in [5, 5.41) is 28.9. The molecule has 0 fully saturated rings. The Labute approximate surface area is 267 Å². The van der Waals surface area contributed by atoms with Crippen LogP contribution in [0, 0.1) is 11.8 Å². The predicted molar refractivity (Wildman–Crippen MR) is 169 cm³/mol. The molecule has 0 aromatic rings. The van der Waals surface area contributed by atoms with Gasteiger partial charge in [-0.25, -0.2) is 19.2 Å². The summed E-state index contributed by atoms with van der Waals surface area (Å²) in [6.07, 6.45) is -1.42. The van der Waals surface area contributed by atoms with Crippen LogP contribution in [0.2, 0.25) is 0 Å². The topological polar surface area (TPSA) is 209 Å². The quantitative estimate of drug-likeness (QED) is 0.0975. The molecule has 0 saturated carbocycles. The summed E-state index contributed by atoms with van der Waals surface area (Å²) in [6, 6.07) is -4.76. The van der Waals surface area contributed by atoms with Crippen molar-refractivity contribution >= 4 is 57.5 Å². The minimum Gasteiger partial charge on any atom is -0.480 e. The summed E-state index contributed by atoms with van der Waals surface area (Å²) in [7, 11) is 2.14. The Bertz CT molecular complexity index is 918. The molecular weight excluding hydrogens is 616 g/mol. The Balaban J connectivity index is 5.74. The van der Waals surface area contributed by atoms with E-state index in [1.54, 1.807) is 41.5 Å². The average Bonchev–Trinajstić information content (AvgIpc) is 2.81. The summed E-state index contributed by atoms with van der Waals surface area (Å²) in [5.41, 5.74) is -1.71. The Kier molecular flexibility index (Phi) is 17.6. The smallest absolute Gasteiger partial charge is 0.408 e. The van der Waals surface area contributed by atoms with Gasteiger partial charge in [-0.1, -0.05) is 49.3 Å². The molecule has 0 aliphatic heterocycles. The van der Waals surface area contributed by atoms with Gasteiger partial charge < -0.3 is 41.0 Å². The number of aliphatic carboxylic acids is 2. The molecule has 0 aliphatic carbocycles. The number of ether oxygens (including phenoxy) is 2. The van der Waals surface area contributed by atoms with Crippen LogP contribution in [0.15, 0.2) is 0 Å². The zero-order chi connectivity index (χ0) is 34.4. The molecule has 14 nitrogen and oxygen atoms in total. The number of hydrogen-bond donors (Lipinski definition) is 6. The molecule has 0 saturated heterocycles. The number of rotatable bonds is 17. The number of carbonyl (C=O) groups excluding carboxylic acids is 4. The van der Waals surface area contributed by atoms with Gasteiger partial charge in [-0.2, -0.15) is 0 Å². The van der Waals surface area contributed by atoms with Crippen molar-refractivity contribution in [2.45, 2.75) is 117 Å². The van der Waals surface area contributed by atoms with E-state index in [1.165, 1.54) is 0 Å². The van der Waals surface area contributed by atoms with Crippen LogP contribution in [0.1, 0.15) is 82.1 Å². The highest BCUT2D eigenvalue weighted by Crippen LogP contribution is 2.24. The highest BCUT2D eigenvalue weighted by Gasteiger charge is 2.31. The van der Waals surface area contributed by atoms with Crippen molar-refractivity contribution in [2.75, 3.05) is 11.5 Å². The van der Waals surface area contributed by atoms with Crippen LogP contribution >= 0.6 is 21.6 Å². The van der Waals surface area contributed by atoms with Crippen LogP contribution in [0.3, 0.4) is 0 Å². The SMILES string of the molecule is CC(C)C[C@H](NC(=O)[C@H](CSSC[C@H](NC(=O)OC(C)(C)C)C(=O)N[C@@H](CC(C)C)C(=O)O)NC(=O)OC(C)(C)C)C(=O)O. The third-order valence-electron chi connectivity index (χ3n) is 5.21. The lowest BCUT2D eigenvalue weighted by atomic mass is 10.0. The van der Waals surface area contributed by atoms with E-state index in [9.17, 15) is 39.0 Å². The molecule has 6 N–H and O–H groups in total. The molecule has 0 aromatic carbocycles. The molecule has 254 valence electrons. The van der Waals surface area contributed by atoms with Crippen molar-refractivity contribution in [3.05, 3.63) is 0 Å². The zero-order valence-corrected chi connectivity index (χ0v) is 28.9. The largest absolute Gasteiger partial charge is 0.480 e. The first-order valence-corrected chi connectivity index (χ1v) is 16.8. The summed E-state index contributed by atoms with van der Waals surface area (Å²) in [5.74, 6) is -4.09. The first-order valence-electron chi connectivity index (χ1n) is 14.3. The lowest BCUT2D eigenvalue weighted by molar-refractivity contribution is -0.142. The number of carbonyl (C=O) groups is 6. The van der Waals surface area contributed by atoms with Crippen LogP contribution < -0.4 is 21.3 Å². The lowest BCUT2D eigenvalue weighted by Crippen LogP contribution is -2.54. The molecule has 0 bridgehead atoms. The maximum Gasteiger partial charge on any atom is 0.408 e. The summed E-state index contributed by atoms with van der Waals surface area (Å²) in [6.45, 7) is 17.1. The van der Waals surface area contributed by atoms with Gasteiger partial charge in [0.25, 0.3) is 0 Å². The second-order valence-corrected chi connectivity index (χ2v) is 15.6. The summed E-state index contributed by atoms with van der Waals surface area (Å²) < 4.78 is 10.5. The van der Waals surface area contributed by atoms with Gasteiger partial charge >= 0.3 is 24.1 Å². The molecule has 0 rings (SSSR count). The molecule has 16 heteroatoms. The standard InChI is InChI=1S/C28H50N4O10S2/c1-15(2)11-17(23(35)36)29-21(33)19(31-25(39)41-27(5,6)7)13-43-44-14-20(32-26(40)42-28(8,9)10)22(34)30-18(24(37)38)12-16(3)4/h15-20H,11-14H2,1-10H3,(H,29,33)(H,30,34)(H,31,39)(H,32,40)(H,35,36)(H,37,38)/t17-,18-,19-,20-/m0/s1. The molecule has 0 aromatic heterocycles. The number of alkyl carbamates (subject to hydrolysis) is 2. The Morgan fingerprint density at radius 2 is 0.864 bits per heavy atom.